The Bertz CT molecular complexity index is 314. The van der Waals surface area contributed by atoms with Gasteiger partial charge in [-0.05, 0) is 0 Å². The normalized spacial score (nSPS) is 22.2. The van der Waals surface area contributed by atoms with Crippen LogP contribution in [0.1, 0.15) is 0 Å². The summed E-state index contributed by atoms with van der Waals surface area (Å²) >= 11 is 0. The van der Waals surface area contributed by atoms with Crippen molar-refractivity contribution in [2.75, 3.05) is 0 Å². The van der Waals surface area contributed by atoms with E-state index >= 15 is 0 Å². The fourth-order valence-electron chi connectivity index (χ4n) is 1.20. The van der Waals surface area contributed by atoms with Crippen LogP contribution in [-0.2, 0) is 55.3 Å². The first-order valence-electron chi connectivity index (χ1n) is 4.54. The van der Waals surface area contributed by atoms with Crippen molar-refractivity contribution in [3.05, 3.63) is 48.6 Å². The summed E-state index contributed by atoms with van der Waals surface area (Å²) in [6, 6.07) is 0. The SMILES string of the molecule is [C+]1=CC=CC1/C=N\N=C/C1[C-]=CC=C1.[Cl-].[Cl-].[Hg+].[Hg+]. The zero-order valence-electron chi connectivity index (χ0n) is 9.84. The van der Waals surface area contributed by atoms with Crippen LogP contribution in [0.5, 0.6) is 0 Å². The maximum Gasteiger partial charge on any atom is 1.00 e. The standard InChI is InChI=1S/C12H10N2.2ClH.2Hg/c1-2-6-11(5-1)9-13-14-10-12-7-3-4-8-12;;;;/h1-5,7,9-12H;2*1H;;/q;;;2*+1/p-2/b13-9-,14-10-;;;;. The Balaban J connectivity index is -0.000000562. The molecule has 0 spiro atoms. The summed E-state index contributed by atoms with van der Waals surface area (Å²) in [6.45, 7) is 0. The summed E-state index contributed by atoms with van der Waals surface area (Å²) in [4.78, 5) is 0. The number of hydrogen-bond donors (Lipinski definition) is 0. The van der Waals surface area contributed by atoms with Crippen LogP contribution in [0.3, 0.4) is 0 Å². The molecule has 2 aliphatic carbocycles. The Morgan fingerprint density at radius 1 is 1.00 bits per heavy atom. The molecule has 0 N–H and O–H groups in total. The molecular weight excluding hydrogens is 644 g/mol. The smallest absolute Gasteiger partial charge is 1.00 e. The Hall–Kier alpha value is 0.660. The first-order chi connectivity index (χ1) is 6.95. The molecular formula is C12H10Cl2Hg2N2. The third kappa shape index (κ3) is 8.71. The van der Waals surface area contributed by atoms with Crippen molar-refractivity contribution in [3.63, 3.8) is 0 Å². The summed E-state index contributed by atoms with van der Waals surface area (Å²) in [5, 5.41) is 7.88. The van der Waals surface area contributed by atoms with Crippen LogP contribution in [0.2, 0.25) is 0 Å². The summed E-state index contributed by atoms with van der Waals surface area (Å²) < 4.78 is 0. The molecule has 0 heterocycles. The van der Waals surface area contributed by atoms with Crippen LogP contribution in [0.25, 0.3) is 0 Å². The quantitative estimate of drug-likeness (QED) is 0.129. The van der Waals surface area contributed by atoms with Gasteiger partial charge in [-0.1, -0.05) is 5.92 Å². The number of halogens is 2. The summed E-state index contributed by atoms with van der Waals surface area (Å²) in [6.07, 6.45) is 21.4. The van der Waals surface area contributed by atoms with E-state index < -0.39 is 0 Å². The van der Waals surface area contributed by atoms with E-state index in [1.54, 1.807) is 12.4 Å². The summed E-state index contributed by atoms with van der Waals surface area (Å²) in [5.41, 5.74) is 0. The van der Waals surface area contributed by atoms with E-state index in [0.29, 0.717) is 0 Å². The zero-order valence-corrected chi connectivity index (χ0v) is 22.3. The Morgan fingerprint density at radius 3 is 2.28 bits per heavy atom. The number of hydrogen-bond acceptors (Lipinski definition) is 2. The van der Waals surface area contributed by atoms with Crippen molar-refractivity contribution in [2.24, 2.45) is 22.0 Å². The van der Waals surface area contributed by atoms with E-state index in [4.69, 9.17) is 0 Å². The van der Waals surface area contributed by atoms with Gasteiger partial charge in [-0.25, -0.2) is 12.2 Å². The molecule has 0 fully saturated rings. The fraction of sp³-hybridized carbons (Fsp3) is 0.167. The first-order valence-corrected chi connectivity index (χ1v) is 4.54. The molecule has 0 amide bonds. The van der Waals surface area contributed by atoms with Gasteiger partial charge in [0.15, 0.2) is 12.0 Å². The Kier molecular flexibility index (Phi) is 18.6. The number of rotatable bonds is 3. The monoisotopic (exact) mass is 656 g/mol. The van der Waals surface area contributed by atoms with Gasteiger partial charge in [-0.15, -0.1) is 0 Å². The van der Waals surface area contributed by atoms with E-state index in [1.165, 1.54) is 0 Å². The van der Waals surface area contributed by atoms with Crippen molar-refractivity contribution in [1.82, 2.24) is 0 Å². The molecule has 2 radical (unpaired) electrons. The van der Waals surface area contributed by atoms with Crippen molar-refractivity contribution in [2.45, 2.75) is 0 Å². The first kappa shape index (κ1) is 23.7. The fourth-order valence-corrected chi connectivity index (χ4v) is 1.20. The summed E-state index contributed by atoms with van der Waals surface area (Å²) in [7, 11) is 0. The summed E-state index contributed by atoms with van der Waals surface area (Å²) in [5.74, 6) is 0.372. The van der Waals surface area contributed by atoms with Crippen LogP contribution >= 0.6 is 0 Å². The van der Waals surface area contributed by atoms with Crippen molar-refractivity contribution in [1.29, 1.82) is 0 Å². The van der Waals surface area contributed by atoms with Crippen molar-refractivity contribution in [3.8, 4) is 0 Å². The van der Waals surface area contributed by atoms with Gasteiger partial charge in [0.1, 0.15) is 0 Å². The molecule has 0 aromatic heterocycles. The van der Waals surface area contributed by atoms with Gasteiger partial charge in [-0.2, -0.15) is 16.3 Å². The average Bonchev–Trinajstić information content (AvgIpc) is 2.86. The molecule has 0 bridgehead atoms. The molecule has 2 rings (SSSR count). The molecule has 86 valence electrons. The molecule has 2 atom stereocenters. The maximum atomic E-state index is 3.94. The van der Waals surface area contributed by atoms with Crippen LogP contribution in [-0.4, -0.2) is 12.4 Å². The molecule has 6 heteroatoms. The third-order valence-electron chi connectivity index (χ3n) is 1.93. The Morgan fingerprint density at radius 2 is 1.72 bits per heavy atom. The predicted octanol–water partition coefficient (Wildman–Crippen LogP) is -3.86. The van der Waals surface area contributed by atoms with Crippen LogP contribution in [0.15, 0.2) is 46.7 Å². The van der Waals surface area contributed by atoms with Gasteiger partial charge in [0.05, 0.1) is 18.4 Å². The average molecular weight is 654 g/mol. The number of nitrogens with zero attached hydrogens (tertiary/aromatic N) is 2. The molecule has 2 aliphatic rings. The topological polar surface area (TPSA) is 24.7 Å². The van der Waals surface area contributed by atoms with E-state index in [-0.39, 0.29) is 92.0 Å². The second kappa shape index (κ2) is 14.1. The second-order valence-corrected chi connectivity index (χ2v) is 3.02. The van der Waals surface area contributed by atoms with Crippen molar-refractivity contribution >= 4 is 12.4 Å². The second-order valence-electron chi connectivity index (χ2n) is 3.02. The molecule has 0 saturated carbocycles. The van der Waals surface area contributed by atoms with Gasteiger partial charge in [0.25, 0.3) is 0 Å². The van der Waals surface area contributed by atoms with Gasteiger partial charge in [-0.3, -0.25) is 6.08 Å². The third-order valence-corrected chi connectivity index (χ3v) is 1.93. The molecule has 0 aliphatic heterocycles. The molecule has 2 nitrogen and oxygen atoms in total. The maximum absolute atomic E-state index is 3.94. The van der Waals surface area contributed by atoms with E-state index in [9.17, 15) is 0 Å². The van der Waals surface area contributed by atoms with E-state index in [1.807, 2.05) is 36.5 Å². The van der Waals surface area contributed by atoms with Crippen LogP contribution in [0.4, 0.5) is 0 Å². The minimum absolute atomic E-state index is 0. The molecule has 0 saturated heterocycles. The van der Waals surface area contributed by atoms with Crippen LogP contribution < -0.4 is 24.8 Å². The number of allylic oxidation sites excluding steroid dienone is 8. The molecule has 2 unspecified atom stereocenters. The van der Waals surface area contributed by atoms with Gasteiger partial charge < -0.3 is 24.8 Å². The molecule has 0 aromatic rings. The molecule has 0 aromatic carbocycles. The zero-order chi connectivity index (χ0) is 9.64. The largest absolute Gasteiger partial charge is 1.00 e. The predicted molar refractivity (Wildman–Crippen MR) is 57.9 cm³/mol. The van der Waals surface area contributed by atoms with Gasteiger partial charge in [0, 0.05) is 12.3 Å². The van der Waals surface area contributed by atoms with Crippen molar-refractivity contribution < 1.29 is 80.2 Å². The minimum Gasteiger partial charge on any atom is -1.00 e. The van der Waals surface area contributed by atoms with E-state index in [2.05, 4.69) is 22.4 Å². The Labute approximate surface area is 161 Å². The van der Waals surface area contributed by atoms with Gasteiger partial charge >= 0.3 is 55.3 Å². The van der Waals surface area contributed by atoms with Gasteiger partial charge in [0.2, 0.25) is 0 Å². The minimum atomic E-state index is 0. The molecule has 18 heavy (non-hydrogen) atoms. The van der Waals surface area contributed by atoms with Crippen LogP contribution in [0, 0.1) is 24.0 Å². The van der Waals surface area contributed by atoms with E-state index in [0.717, 1.165) is 0 Å².